The number of anilines is 1. The summed E-state index contributed by atoms with van der Waals surface area (Å²) in [5.41, 5.74) is 5.19. The number of aromatic amines is 1. The van der Waals surface area contributed by atoms with Gasteiger partial charge in [-0.2, -0.15) is 5.10 Å². The molecule has 2 aromatic carbocycles. The fourth-order valence-electron chi connectivity index (χ4n) is 5.07. The topological polar surface area (TPSA) is 82.4 Å². The number of likely N-dealkylation sites (tertiary alicyclic amines) is 1. The lowest BCUT2D eigenvalue weighted by Crippen LogP contribution is -2.42. The lowest BCUT2D eigenvalue weighted by Gasteiger charge is -2.38. The number of nitrogens with zero attached hydrogens (tertiary/aromatic N) is 5. The van der Waals surface area contributed by atoms with Crippen molar-refractivity contribution in [3.8, 4) is 17.3 Å². The average Bonchev–Trinajstić information content (AvgIpc) is 3.53. The molecule has 0 aliphatic carbocycles. The zero-order valence-corrected chi connectivity index (χ0v) is 21.3. The Morgan fingerprint density at radius 2 is 1.89 bits per heavy atom. The highest BCUT2D eigenvalue weighted by Crippen LogP contribution is 2.31. The zero-order valence-electron chi connectivity index (χ0n) is 21.3. The number of nitrogens with one attached hydrogen (secondary N) is 1. The lowest BCUT2D eigenvalue weighted by molar-refractivity contribution is 0.0959. The minimum atomic E-state index is -0.212. The number of aliphatic hydroxyl groups excluding tert-OH is 1. The van der Waals surface area contributed by atoms with Crippen molar-refractivity contribution in [1.29, 1.82) is 0 Å². The Hall–Kier alpha value is -4.04. The van der Waals surface area contributed by atoms with Crippen LogP contribution in [0.3, 0.4) is 0 Å². The second-order valence-corrected chi connectivity index (χ2v) is 9.78. The molecule has 0 spiro atoms. The summed E-state index contributed by atoms with van der Waals surface area (Å²) in [6.45, 7) is 5.09. The SMILES string of the molecule is COc1ccc(Cn2nc(N3CC=CC=C3N3CCC(O)CC3)cc2-c2nc3cc(C)ccc3[nH]2)cc1. The third kappa shape index (κ3) is 4.72. The number of fused-ring (bicyclic) bond motifs is 1. The van der Waals surface area contributed by atoms with E-state index in [0.29, 0.717) is 6.54 Å². The Labute approximate surface area is 216 Å². The molecule has 2 N–H and O–H groups in total. The van der Waals surface area contributed by atoms with Crippen LogP contribution >= 0.6 is 0 Å². The second kappa shape index (κ2) is 9.78. The van der Waals surface area contributed by atoms with Crippen molar-refractivity contribution in [3.63, 3.8) is 0 Å². The highest BCUT2D eigenvalue weighted by atomic mass is 16.5. The number of ether oxygens (including phenoxy) is 1. The van der Waals surface area contributed by atoms with Crippen LogP contribution in [0.5, 0.6) is 5.75 Å². The van der Waals surface area contributed by atoms with Crippen LogP contribution in [0, 0.1) is 6.92 Å². The van der Waals surface area contributed by atoms with E-state index in [0.717, 1.165) is 78.0 Å². The van der Waals surface area contributed by atoms with Crippen molar-refractivity contribution in [2.45, 2.75) is 32.4 Å². The summed E-state index contributed by atoms with van der Waals surface area (Å²) >= 11 is 0. The number of imidazole rings is 1. The van der Waals surface area contributed by atoms with Gasteiger partial charge in [-0.05, 0) is 61.2 Å². The van der Waals surface area contributed by atoms with E-state index in [2.05, 4.69) is 76.3 Å². The average molecular weight is 497 g/mol. The first-order valence-electron chi connectivity index (χ1n) is 12.8. The molecule has 6 rings (SSSR count). The van der Waals surface area contributed by atoms with Gasteiger partial charge in [0.2, 0.25) is 0 Å². The van der Waals surface area contributed by atoms with E-state index >= 15 is 0 Å². The molecule has 0 saturated carbocycles. The normalized spacial score (nSPS) is 16.5. The molecule has 4 aromatic rings. The molecule has 8 nitrogen and oxygen atoms in total. The van der Waals surface area contributed by atoms with E-state index in [9.17, 15) is 5.11 Å². The van der Waals surface area contributed by atoms with E-state index in [1.54, 1.807) is 7.11 Å². The lowest BCUT2D eigenvalue weighted by atomic mass is 10.1. The maximum Gasteiger partial charge on any atom is 0.157 e. The van der Waals surface area contributed by atoms with Gasteiger partial charge in [0.25, 0.3) is 0 Å². The van der Waals surface area contributed by atoms with Crippen LogP contribution in [0.15, 0.2) is 72.6 Å². The summed E-state index contributed by atoms with van der Waals surface area (Å²) in [6, 6.07) is 16.5. The smallest absolute Gasteiger partial charge is 0.157 e. The molecule has 2 aromatic heterocycles. The zero-order chi connectivity index (χ0) is 25.4. The van der Waals surface area contributed by atoms with Gasteiger partial charge in [0.1, 0.15) is 17.3 Å². The van der Waals surface area contributed by atoms with Crippen LogP contribution < -0.4 is 9.64 Å². The van der Waals surface area contributed by atoms with Crippen LogP contribution in [0.25, 0.3) is 22.6 Å². The minimum Gasteiger partial charge on any atom is -0.497 e. The number of aromatic nitrogens is 4. The molecule has 2 aliphatic rings. The number of H-pyrrole nitrogens is 1. The van der Waals surface area contributed by atoms with E-state index in [1.807, 2.05) is 16.8 Å². The molecule has 0 unspecified atom stereocenters. The standard InChI is InChI=1S/C29H32N6O2/c1-20-6-11-24-25(17-20)31-29(30-24)26-18-27(32-35(26)19-21-7-9-23(37-2)10-8-21)34-14-4-3-5-28(34)33-15-12-22(36)13-16-33/h3-11,17-18,22,36H,12-16,19H2,1-2H3,(H,30,31). The maximum atomic E-state index is 10.0. The molecule has 37 heavy (non-hydrogen) atoms. The summed E-state index contributed by atoms with van der Waals surface area (Å²) in [5, 5.41) is 15.1. The fraction of sp³-hybridized carbons (Fsp3) is 0.310. The van der Waals surface area contributed by atoms with Crippen LogP contribution in [0.1, 0.15) is 24.0 Å². The highest BCUT2D eigenvalue weighted by Gasteiger charge is 2.26. The first-order chi connectivity index (χ1) is 18.1. The van der Waals surface area contributed by atoms with Crippen LogP contribution in [-0.2, 0) is 6.54 Å². The van der Waals surface area contributed by atoms with Crippen molar-refractivity contribution in [2.24, 2.45) is 0 Å². The van der Waals surface area contributed by atoms with Gasteiger partial charge in [-0.15, -0.1) is 0 Å². The van der Waals surface area contributed by atoms with Crippen molar-refractivity contribution < 1.29 is 9.84 Å². The third-order valence-corrected chi connectivity index (χ3v) is 7.15. The van der Waals surface area contributed by atoms with Crippen LogP contribution in [0.4, 0.5) is 5.82 Å². The largest absolute Gasteiger partial charge is 0.497 e. The van der Waals surface area contributed by atoms with Gasteiger partial charge < -0.3 is 24.6 Å². The predicted octanol–water partition coefficient (Wildman–Crippen LogP) is 4.47. The van der Waals surface area contributed by atoms with Gasteiger partial charge >= 0.3 is 0 Å². The quantitative estimate of drug-likeness (QED) is 0.410. The van der Waals surface area contributed by atoms with Crippen molar-refractivity contribution in [3.05, 3.63) is 83.7 Å². The number of piperidine rings is 1. The monoisotopic (exact) mass is 496 g/mol. The Balaban J connectivity index is 1.39. The maximum absolute atomic E-state index is 10.0. The highest BCUT2D eigenvalue weighted by molar-refractivity contribution is 5.80. The van der Waals surface area contributed by atoms with E-state index in [1.165, 1.54) is 5.56 Å². The fourth-order valence-corrected chi connectivity index (χ4v) is 5.07. The molecule has 4 heterocycles. The number of aryl methyl sites for hydroxylation is 1. The van der Waals surface area contributed by atoms with Gasteiger partial charge in [0.05, 0.1) is 30.8 Å². The molecular formula is C29H32N6O2. The van der Waals surface area contributed by atoms with E-state index in [4.69, 9.17) is 14.8 Å². The summed E-state index contributed by atoms with van der Waals surface area (Å²) in [5.74, 6) is 3.63. The molecule has 2 aliphatic heterocycles. The predicted molar refractivity (Wildman–Crippen MR) is 146 cm³/mol. The molecule has 8 heteroatoms. The molecule has 0 bridgehead atoms. The van der Waals surface area contributed by atoms with Crippen molar-refractivity contribution >= 4 is 16.9 Å². The van der Waals surface area contributed by atoms with Crippen molar-refractivity contribution in [1.82, 2.24) is 24.6 Å². The molecular weight excluding hydrogens is 464 g/mol. The Bertz CT molecular complexity index is 1460. The Morgan fingerprint density at radius 1 is 1.08 bits per heavy atom. The number of hydrogen-bond donors (Lipinski definition) is 2. The van der Waals surface area contributed by atoms with Crippen LogP contribution in [0.2, 0.25) is 0 Å². The number of allylic oxidation sites excluding steroid dienone is 2. The van der Waals surface area contributed by atoms with Gasteiger partial charge in [0.15, 0.2) is 11.6 Å². The minimum absolute atomic E-state index is 0.212. The Kier molecular flexibility index (Phi) is 6.18. The Morgan fingerprint density at radius 3 is 2.68 bits per heavy atom. The number of hydrogen-bond acceptors (Lipinski definition) is 6. The number of rotatable bonds is 6. The van der Waals surface area contributed by atoms with E-state index < -0.39 is 0 Å². The van der Waals surface area contributed by atoms with Crippen molar-refractivity contribution in [2.75, 3.05) is 31.6 Å². The summed E-state index contributed by atoms with van der Waals surface area (Å²) in [7, 11) is 1.68. The molecule has 0 radical (unpaired) electrons. The van der Waals surface area contributed by atoms with E-state index in [-0.39, 0.29) is 6.10 Å². The first-order valence-corrected chi connectivity index (χ1v) is 12.8. The summed E-state index contributed by atoms with van der Waals surface area (Å²) in [4.78, 5) is 13.0. The number of methoxy groups -OCH3 is 1. The van der Waals surface area contributed by atoms with Crippen LogP contribution in [-0.4, -0.2) is 62.6 Å². The first kappa shape index (κ1) is 23.4. The molecule has 1 saturated heterocycles. The number of aliphatic hydroxyl groups is 1. The summed E-state index contributed by atoms with van der Waals surface area (Å²) in [6.07, 6.45) is 7.75. The number of benzene rings is 2. The molecule has 190 valence electrons. The van der Waals surface area contributed by atoms with Gasteiger partial charge in [-0.1, -0.05) is 30.4 Å². The van der Waals surface area contributed by atoms with Gasteiger partial charge in [-0.3, -0.25) is 4.68 Å². The second-order valence-electron chi connectivity index (χ2n) is 9.78. The van der Waals surface area contributed by atoms with Gasteiger partial charge in [-0.25, -0.2) is 4.98 Å². The molecule has 0 amide bonds. The van der Waals surface area contributed by atoms with Gasteiger partial charge in [0, 0.05) is 25.7 Å². The summed E-state index contributed by atoms with van der Waals surface area (Å²) < 4.78 is 7.36. The third-order valence-electron chi connectivity index (χ3n) is 7.15. The molecule has 1 fully saturated rings. The molecule has 0 atom stereocenters.